The van der Waals surface area contributed by atoms with Crippen LogP contribution in [0, 0.1) is 11.8 Å². The second-order valence-corrected chi connectivity index (χ2v) is 5.69. The average molecular weight is 272 g/mol. The summed E-state index contributed by atoms with van der Waals surface area (Å²) >= 11 is 12.1. The first-order valence-corrected chi connectivity index (χ1v) is 7.11. The van der Waals surface area contributed by atoms with Gasteiger partial charge in [0.15, 0.2) is 0 Å². The third-order valence-corrected chi connectivity index (χ3v) is 4.32. The van der Waals surface area contributed by atoms with Gasteiger partial charge in [-0.25, -0.2) is 0 Å². The minimum Gasteiger partial charge on any atom is -0.317 e. The molecule has 1 aromatic rings. The van der Waals surface area contributed by atoms with Crippen molar-refractivity contribution in [3.63, 3.8) is 0 Å². The molecule has 2 rings (SSSR count). The van der Waals surface area contributed by atoms with Crippen molar-refractivity contribution >= 4 is 23.2 Å². The van der Waals surface area contributed by atoms with E-state index in [0.717, 1.165) is 41.4 Å². The Morgan fingerprint density at radius 2 is 2.00 bits per heavy atom. The molecular formula is C14H19Cl2N. The molecule has 1 saturated carbocycles. The number of halogens is 2. The maximum Gasteiger partial charge on any atom is 0.0452 e. The van der Waals surface area contributed by atoms with Crippen LogP contribution in [0.1, 0.15) is 25.3 Å². The average Bonchev–Trinajstić information content (AvgIpc) is 2.27. The third kappa shape index (κ3) is 3.37. The van der Waals surface area contributed by atoms with Crippen LogP contribution < -0.4 is 5.32 Å². The summed E-state index contributed by atoms with van der Waals surface area (Å²) in [6, 6.07) is 5.84. The fraction of sp³-hybridized carbons (Fsp3) is 0.571. The maximum atomic E-state index is 6.21. The topological polar surface area (TPSA) is 12.0 Å². The van der Waals surface area contributed by atoms with Crippen molar-refractivity contribution in [2.75, 3.05) is 13.1 Å². The lowest BCUT2D eigenvalue weighted by molar-refractivity contribution is 0.172. The quantitative estimate of drug-likeness (QED) is 0.848. The standard InChI is InChI=1S/C14H19Cl2N/c1-2-17-9-12-4-3-10(12)7-11-5-6-13(15)8-14(11)16/h5-6,8,10,12,17H,2-4,7,9H2,1H3. The summed E-state index contributed by atoms with van der Waals surface area (Å²) in [5.74, 6) is 1.61. The Morgan fingerprint density at radius 3 is 2.59 bits per heavy atom. The molecular weight excluding hydrogens is 253 g/mol. The molecule has 0 amide bonds. The van der Waals surface area contributed by atoms with E-state index < -0.39 is 0 Å². The van der Waals surface area contributed by atoms with Gasteiger partial charge in [0.25, 0.3) is 0 Å². The molecule has 1 fully saturated rings. The number of benzene rings is 1. The second kappa shape index (κ2) is 6.08. The van der Waals surface area contributed by atoms with Crippen LogP contribution >= 0.6 is 23.2 Å². The van der Waals surface area contributed by atoms with E-state index in [1.165, 1.54) is 18.4 Å². The van der Waals surface area contributed by atoms with E-state index in [0.29, 0.717) is 0 Å². The fourth-order valence-electron chi connectivity index (χ4n) is 2.47. The maximum absolute atomic E-state index is 6.21. The summed E-state index contributed by atoms with van der Waals surface area (Å²) in [6.07, 6.45) is 3.77. The van der Waals surface area contributed by atoms with Crippen LogP contribution in [0.5, 0.6) is 0 Å². The Morgan fingerprint density at radius 1 is 1.24 bits per heavy atom. The van der Waals surface area contributed by atoms with Crippen LogP contribution in [0.25, 0.3) is 0 Å². The Kier molecular flexibility index (Phi) is 4.72. The molecule has 17 heavy (non-hydrogen) atoms. The summed E-state index contributed by atoms with van der Waals surface area (Å²) in [6.45, 7) is 4.36. The predicted octanol–water partition coefficient (Wildman–Crippen LogP) is 4.17. The molecule has 3 heteroatoms. The van der Waals surface area contributed by atoms with Crippen molar-refractivity contribution in [3.05, 3.63) is 33.8 Å². The predicted molar refractivity (Wildman–Crippen MR) is 74.9 cm³/mol. The highest BCUT2D eigenvalue weighted by molar-refractivity contribution is 6.35. The van der Waals surface area contributed by atoms with E-state index in [1.807, 2.05) is 12.1 Å². The molecule has 1 aliphatic rings. The summed E-state index contributed by atoms with van der Waals surface area (Å²) in [5, 5.41) is 4.97. The first kappa shape index (κ1) is 13.2. The molecule has 0 aromatic heterocycles. The smallest absolute Gasteiger partial charge is 0.0452 e. The van der Waals surface area contributed by atoms with Crippen molar-refractivity contribution in [3.8, 4) is 0 Å². The van der Waals surface area contributed by atoms with Gasteiger partial charge in [-0.2, -0.15) is 0 Å². The summed E-state index contributed by atoms with van der Waals surface area (Å²) in [5.41, 5.74) is 1.24. The highest BCUT2D eigenvalue weighted by Crippen LogP contribution is 2.37. The minimum atomic E-state index is 0.719. The Hall–Kier alpha value is -0.240. The lowest BCUT2D eigenvalue weighted by Gasteiger charge is -2.37. The van der Waals surface area contributed by atoms with Gasteiger partial charge in [-0.05, 0) is 61.9 Å². The summed E-state index contributed by atoms with van der Waals surface area (Å²) in [4.78, 5) is 0. The summed E-state index contributed by atoms with van der Waals surface area (Å²) in [7, 11) is 0. The molecule has 1 aromatic carbocycles. The highest BCUT2D eigenvalue weighted by atomic mass is 35.5. The fourth-order valence-corrected chi connectivity index (χ4v) is 2.96. The van der Waals surface area contributed by atoms with Crippen LogP contribution in [-0.2, 0) is 6.42 Å². The lowest BCUT2D eigenvalue weighted by Crippen LogP contribution is -2.36. The normalized spacial score (nSPS) is 23.5. The van der Waals surface area contributed by atoms with Crippen molar-refractivity contribution in [2.45, 2.75) is 26.2 Å². The summed E-state index contributed by atoms with van der Waals surface area (Å²) < 4.78 is 0. The van der Waals surface area contributed by atoms with Crippen molar-refractivity contribution in [1.29, 1.82) is 0 Å². The molecule has 0 saturated heterocycles. The highest BCUT2D eigenvalue weighted by Gasteiger charge is 2.30. The molecule has 0 radical (unpaired) electrons. The van der Waals surface area contributed by atoms with E-state index in [1.54, 1.807) is 0 Å². The first-order chi connectivity index (χ1) is 8.20. The molecule has 0 bridgehead atoms. The Balaban J connectivity index is 1.92. The molecule has 0 spiro atoms. The van der Waals surface area contributed by atoms with Crippen molar-refractivity contribution in [1.82, 2.24) is 5.32 Å². The van der Waals surface area contributed by atoms with E-state index >= 15 is 0 Å². The van der Waals surface area contributed by atoms with Crippen LogP contribution in [0.15, 0.2) is 18.2 Å². The van der Waals surface area contributed by atoms with E-state index in [2.05, 4.69) is 18.3 Å². The monoisotopic (exact) mass is 271 g/mol. The van der Waals surface area contributed by atoms with Crippen molar-refractivity contribution in [2.24, 2.45) is 11.8 Å². The molecule has 1 N–H and O–H groups in total. The Labute approximate surface area is 114 Å². The minimum absolute atomic E-state index is 0.719. The van der Waals surface area contributed by atoms with Crippen LogP contribution in [-0.4, -0.2) is 13.1 Å². The number of hydrogen-bond acceptors (Lipinski definition) is 1. The SMILES string of the molecule is CCNCC1CCC1Cc1ccc(Cl)cc1Cl. The number of nitrogens with one attached hydrogen (secondary N) is 1. The molecule has 2 atom stereocenters. The molecule has 94 valence electrons. The zero-order valence-corrected chi connectivity index (χ0v) is 11.7. The van der Waals surface area contributed by atoms with E-state index in [-0.39, 0.29) is 0 Å². The second-order valence-electron chi connectivity index (χ2n) is 4.85. The van der Waals surface area contributed by atoms with Gasteiger partial charge in [-0.15, -0.1) is 0 Å². The van der Waals surface area contributed by atoms with Crippen LogP contribution in [0.2, 0.25) is 10.0 Å². The van der Waals surface area contributed by atoms with E-state index in [9.17, 15) is 0 Å². The van der Waals surface area contributed by atoms with Crippen LogP contribution in [0.3, 0.4) is 0 Å². The Bertz CT molecular complexity index is 378. The zero-order valence-electron chi connectivity index (χ0n) is 10.2. The van der Waals surface area contributed by atoms with Gasteiger partial charge in [0.1, 0.15) is 0 Å². The molecule has 0 heterocycles. The van der Waals surface area contributed by atoms with Crippen molar-refractivity contribution < 1.29 is 0 Å². The van der Waals surface area contributed by atoms with Gasteiger partial charge in [-0.1, -0.05) is 36.2 Å². The van der Waals surface area contributed by atoms with Gasteiger partial charge in [-0.3, -0.25) is 0 Å². The van der Waals surface area contributed by atoms with Gasteiger partial charge in [0.2, 0.25) is 0 Å². The van der Waals surface area contributed by atoms with Gasteiger partial charge >= 0.3 is 0 Å². The van der Waals surface area contributed by atoms with Gasteiger partial charge in [0.05, 0.1) is 0 Å². The molecule has 1 nitrogen and oxygen atoms in total. The first-order valence-electron chi connectivity index (χ1n) is 6.35. The molecule has 2 unspecified atom stereocenters. The zero-order chi connectivity index (χ0) is 12.3. The molecule has 1 aliphatic carbocycles. The number of hydrogen-bond donors (Lipinski definition) is 1. The number of rotatable bonds is 5. The largest absolute Gasteiger partial charge is 0.317 e. The van der Waals surface area contributed by atoms with Crippen LogP contribution in [0.4, 0.5) is 0 Å². The van der Waals surface area contributed by atoms with Gasteiger partial charge < -0.3 is 5.32 Å². The third-order valence-electron chi connectivity index (χ3n) is 3.73. The van der Waals surface area contributed by atoms with Gasteiger partial charge in [0, 0.05) is 10.0 Å². The lowest BCUT2D eigenvalue weighted by atomic mass is 9.70. The van der Waals surface area contributed by atoms with E-state index in [4.69, 9.17) is 23.2 Å². The molecule has 0 aliphatic heterocycles.